The van der Waals surface area contributed by atoms with Crippen molar-refractivity contribution in [2.75, 3.05) is 18.0 Å². The molecule has 25 heavy (non-hydrogen) atoms. The number of ether oxygens (including phenoxy) is 1. The van der Waals surface area contributed by atoms with Gasteiger partial charge >= 0.3 is 5.97 Å². The minimum absolute atomic E-state index is 0.0369. The van der Waals surface area contributed by atoms with Crippen molar-refractivity contribution >= 4 is 39.1 Å². The molecule has 0 saturated heterocycles. The van der Waals surface area contributed by atoms with E-state index >= 15 is 0 Å². The first-order valence-electron chi connectivity index (χ1n) is 7.23. The lowest BCUT2D eigenvalue weighted by atomic mass is 10.2. The second kappa shape index (κ2) is 7.67. The molecule has 2 rings (SSSR count). The topological polar surface area (TPSA) is 80.8 Å². The van der Waals surface area contributed by atoms with Gasteiger partial charge in [-0.2, -0.15) is 0 Å². The van der Waals surface area contributed by atoms with Crippen molar-refractivity contribution < 1.29 is 22.7 Å². The van der Waals surface area contributed by atoms with Crippen LogP contribution in [0.15, 0.2) is 53.4 Å². The summed E-state index contributed by atoms with van der Waals surface area (Å²) in [6.07, 6.45) is 0. The molecular weight excluding hydrogens is 366 g/mol. The van der Waals surface area contributed by atoms with Crippen LogP contribution in [-0.4, -0.2) is 33.8 Å². The maximum absolute atomic E-state index is 12.8. The molecule has 0 atom stereocenters. The molecule has 132 valence electrons. The second-order valence-electron chi connectivity index (χ2n) is 5.23. The van der Waals surface area contributed by atoms with Crippen molar-refractivity contribution in [3.05, 3.63) is 59.1 Å². The zero-order valence-corrected chi connectivity index (χ0v) is 15.2. The smallest absolute Gasteiger partial charge is 0.340 e. The van der Waals surface area contributed by atoms with Crippen molar-refractivity contribution in [2.45, 2.75) is 11.8 Å². The zero-order valence-electron chi connectivity index (χ0n) is 13.6. The molecule has 0 aliphatic rings. The molecule has 0 aliphatic heterocycles. The summed E-state index contributed by atoms with van der Waals surface area (Å²) >= 11 is 5.96. The van der Waals surface area contributed by atoms with Crippen LogP contribution in [0.25, 0.3) is 0 Å². The lowest BCUT2D eigenvalue weighted by molar-refractivity contribution is -0.120. The highest BCUT2D eigenvalue weighted by Crippen LogP contribution is 2.26. The third-order valence-corrected chi connectivity index (χ3v) is 5.45. The Morgan fingerprint density at radius 3 is 2.36 bits per heavy atom. The van der Waals surface area contributed by atoms with Gasteiger partial charge in [-0.1, -0.05) is 29.8 Å². The normalized spacial score (nSPS) is 11.0. The van der Waals surface area contributed by atoms with E-state index in [1.165, 1.54) is 26.1 Å². The zero-order chi connectivity index (χ0) is 18.6. The molecule has 0 unspecified atom stereocenters. The van der Waals surface area contributed by atoms with Gasteiger partial charge in [0.2, 0.25) is 0 Å². The van der Waals surface area contributed by atoms with E-state index in [0.29, 0.717) is 5.69 Å². The van der Waals surface area contributed by atoms with Crippen LogP contribution in [0.2, 0.25) is 5.02 Å². The van der Waals surface area contributed by atoms with Gasteiger partial charge in [0.25, 0.3) is 10.0 Å². The van der Waals surface area contributed by atoms with E-state index in [1.54, 1.807) is 30.3 Å². The molecule has 2 aromatic carbocycles. The monoisotopic (exact) mass is 381 g/mol. The average molecular weight is 382 g/mol. The van der Waals surface area contributed by atoms with Crippen LogP contribution in [0.1, 0.15) is 17.3 Å². The Balaban J connectivity index is 2.37. The highest BCUT2D eigenvalue weighted by molar-refractivity contribution is 7.92. The fraction of sp³-hybridized carbons (Fsp3) is 0.176. The number of halogens is 1. The fourth-order valence-corrected chi connectivity index (χ4v) is 3.42. The summed E-state index contributed by atoms with van der Waals surface area (Å²) in [5.41, 5.74) is 0.351. The Labute approximate surface area is 151 Å². The quantitative estimate of drug-likeness (QED) is 0.718. The SMILES string of the molecule is CC(=O)COC(=O)c1cc(S(=O)(=O)N(C)c2ccccc2)ccc1Cl. The molecule has 0 saturated carbocycles. The Kier molecular flexibility index (Phi) is 5.81. The number of hydrogen-bond donors (Lipinski definition) is 0. The summed E-state index contributed by atoms with van der Waals surface area (Å²) < 4.78 is 31.4. The van der Waals surface area contributed by atoms with Crippen LogP contribution in [0.3, 0.4) is 0 Å². The summed E-state index contributed by atoms with van der Waals surface area (Å²) in [5.74, 6) is -1.20. The summed E-state index contributed by atoms with van der Waals surface area (Å²) in [5, 5.41) is 0.0369. The summed E-state index contributed by atoms with van der Waals surface area (Å²) in [6, 6.07) is 12.2. The van der Waals surface area contributed by atoms with Crippen LogP contribution >= 0.6 is 11.6 Å². The summed E-state index contributed by atoms with van der Waals surface area (Å²) in [4.78, 5) is 22.8. The van der Waals surface area contributed by atoms with Crippen molar-refractivity contribution in [1.29, 1.82) is 0 Å². The van der Waals surface area contributed by atoms with Gasteiger partial charge in [-0.3, -0.25) is 9.10 Å². The van der Waals surface area contributed by atoms with Gasteiger partial charge in [-0.25, -0.2) is 13.2 Å². The fourth-order valence-electron chi connectivity index (χ4n) is 2.00. The number of carbonyl (C=O) groups is 2. The Morgan fingerprint density at radius 2 is 1.76 bits per heavy atom. The van der Waals surface area contributed by atoms with Crippen molar-refractivity contribution in [3.63, 3.8) is 0 Å². The standard InChI is InChI=1S/C17H16ClNO5S/c1-12(20)11-24-17(21)15-10-14(8-9-16(15)18)25(22,23)19(2)13-6-4-3-5-7-13/h3-10H,11H2,1-2H3. The molecule has 6 nitrogen and oxygen atoms in total. The minimum Gasteiger partial charge on any atom is -0.454 e. The summed E-state index contributed by atoms with van der Waals surface area (Å²) in [7, 11) is -2.49. The number of sulfonamides is 1. The molecule has 2 aromatic rings. The van der Waals surface area contributed by atoms with E-state index in [1.807, 2.05) is 0 Å². The van der Waals surface area contributed by atoms with Crippen LogP contribution in [0, 0.1) is 0 Å². The number of hydrogen-bond acceptors (Lipinski definition) is 5. The molecule has 0 aromatic heterocycles. The molecule has 0 radical (unpaired) electrons. The maximum atomic E-state index is 12.8. The molecule has 0 N–H and O–H groups in total. The second-order valence-corrected chi connectivity index (χ2v) is 7.60. The van der Waals surface area contributed by atoms with Crippen LogP contribution < -0.4 is 4.31 Å². The first-order valence-corrected chi connectivity index (χ1v) is 9.05. The lowest BCUT2D eigenvalue weighted by Crippen LogP contribution is -2.26. The number of carbonyl (C=O) groups excluding carboxylic acids is 2. The van der Waals surface area contributed by atoms with Crippen LogP contribution in [0.4, 0.5) is 5.69 Å². The number of anilines is 1. The predicted molar refractivity (Wildman–Crippen MR) is 94.4 cm³/mol. The third kappa shape index (κ3) is 4.37. The van der Waals surface area contributed by atoms with E-state index in [2.05, 4.69) is 0 Å². The highest BCUT2D eigenvalue weighted by Gasteiger charge is 2.24. The van der Waals surface area contributed by atoms with Gasteiger partial charge in [0.15, 0.2) is 5.78 Å². The number of para-hydroxylation sites is 1. The van der Waals surface area contributed by atoms with Crippen molar-refractivity contribution in [2.24, 2.45) is 0 Å². The lowest BCUT2D eigenvalue weighted by Gasteiger charge is -2.20. The molecule has 0 amide bonds. The average Bonchev–Trinajstić information content (AvgIpc) is 2.59. The van der Waals surface area contributed by atoms with Gasteiger partial charge in [0.05, 0.1) is 21.2 Å². The van der Waals surface area contributed by atoms with Crippen LogP contribution in [0.5, 0.6) is 0 Å². The first-order chi connectivity index (χ1) is 11.7. The van der Waals surface area contributed by atoms with E-state index in [-0.39, 0.29) is 21.3 Å². The van der Waals surface area contributed by atoms with E-state index < -0.39 is 22.6 Å². The Bertz CT molecular complexity index is 897. The van der Waals surface area contributed by atoms with Crippen LogP contribution in [-0.2, 0) is 19.6 Å². The number of esters is 1. The van der Waals surface area contributed by atoms with Gasteiger partial charge < -0.3 is 4.74 Å². The summed E-state index contributed by atoms with van der Waals surface area (Å²) in [6.45, 7) is 0.862. The molecule has 0 heterocycles. The largest absolute Gasteiger partial charge is 0.454 e. The van der Waals surface area contributed by atoms with Crippen molar-refractivity contribution in [3.8, 4) is 0 Å². The Morgan fingerprint density at radius 1 is 1.12 bits per heavy atom. The van der Waals surface area contributed by atoms with E-state index in [0.717, 1.165) is 10.4 Å². The molecular formula is C17H16ClNO5S. The number of benzene rings is 2. The highest BCUT2D eigenvalue weighted by atomic mass is 35.5. The molecule has 0 fully saturated rings. The van der Waals surface area contributed by atoms with Gasteiger partial charge in [0, 0.05) is 7.05 Å². The van der Waals surface area contributed by atoms with E-state index in [9.17, 15) is 18.0 Å². The minimum atomic E-state index is -3.90. The Hall–Kier alpha value is -2.38. The van der Waals surface area contributed by atoms with E-state index in [4.69, 9.17) is 16.3 Å². The molecule has 8 heteroatoms. The van der Waals surface area contributed by atoms with Gasteiger partial charge in [-0.05, 0) is 37.3 Å². The number of ketones is 1. The van der Waals surface area contributed by atoms with Gasteiger partial charge in [-0.15, -0.1) is 0 Å². The third-order valence-electron chi connectivity index (χ3n) is 3.34. The number of Topliss-reactive ketones (excluding diaryl/α,β-unsaturated/α-hetero) is 1. The van der Waals surface area contributed by atoms with Gasteiger partial charge in [0.1, 0.15) is 6.61 Å². The molecule has 0 spiro atoms. The first kappa shape index (κ1) is 19.0. The van der Waals surface area contributed by atoms with Crippen molar-refractivity contribution in [1.82, 2.24) is 0 Å². The molecule has 0 bridgehead atoms. The number of nitrogens with zero attached hydrogens (tertiary/aromatic N) is 1. The maximum Gasteiger partial charge on any atom is 0.340 e. The number of rotatable bonds is 6. The predicted octanol–water partition coefficient (Wildman–Crippen LogP) is 2.91. The molecule has 0 aliphatic carbocycles.